The number of anilines is 2. The van der Waals surface area contributed by atoms with Crippen molar-refractivity contribution in [2.75, 3.05) is 23.8 Å². The van der Waals surface area contributed by atoms with Crippen molar-refractivity contribution < 1.29 is 4.79 Å². The Hall–Kier alpha value is -2.29. The number of amides is 1. The predicted molar refractivity (Wildman–Crippen MR) is 91.6 cm³/mol. The fraction of sp³-hybridized carbons (Fsp3) is 0.316. The largest absolute Gasteiger partial charge is 0.374 e. The molecule has 0 aliphatic carbocycles. The number of nitrogens with zero attached hydrogens (tertiary/aromatic N) is 1. The number of hydrogen-bond acceptors (Lipinski definition) is 2. The third kappa shape index (κ3) is 3.14. The molecule has 0 radical (unpaired) electrons. The van der Waals surface area contributed by atoms with Gasteiger partial charge in [0.1, 0.15) is 0 Å². The second kappa shape index (κ2) is 6.22. The van der Waals surface area contributed by atoms with Gasteiger partial charge in [-0.25, -0.2) is 0 Å². The zero-order valence-corrected chi connectivity index (χ0v) is 13.2. The number of nitrogens with one attached hydrogen (secondary N) is 1. The zero-order valence-electron chi connectivity index (χ0n) is 13.2. The standard InChI is InChI=1S/C19H22N2O/c1-3-14-5-4-6-15(11-14)12-19(22)20-17-8-7-16-9-10-21(2)18(16)13-17/h4-8,11,13H,3,9-10,12H2,1-2H3,(H,20,22). The van der Waals surface area contributed by atoms with Crippen LogP contribution in [0.5, 0.6) is 0 Å². The number of aryl methyl sites for hydroxylation is 1. The summed E-state index contributed by atoms with van der Waals surface area (Å²) in [4.78, 5) is 14.5. The summed E-state index contributed by atoms with van der Waals surface area (Å²) >= 11 is 0. The van der Waals surface area contributed by atoms with Gasteiger partial charge in [0.2, 0.25) is 5.91 Å². The van der Waals surface area contributed by atoms with Crippen LogP contribution in [0.3, 0.4) is 0 Å². The van der Waals surface area contributed by atoms with Gasteiger partial charge in [0.05, 0.1) is 6.42 Å². The molecule has 1 heterocycles. The van der Waals surface area contributed by atoms with Crippen LogP contribution in [0.4, 0.5) is 11.4 Å². The number of rotatable bonds is 4. The molecule has 1 N–H and O–H groups in total. The van der Waals surface area contributed by atoms with Gasteiger partial charge in [-0.15, -0.1) is 0 Å². The first kappa shape index (κ1) is 14.6. The van der Waals surface area contributed by atoms with E-state index < -0.39 is 0 Å². The van der Waals surface area contributed by atoms with E-state index in [4.69, 9.17) is 0 Å². The molecule has 2 aromatic rings. The van der Waals surface area contributed by atoms with Crippen LogP contribution in [-0.4, -0.2) is 19.5 Å². The van der Waals surface area contributed by atoms with Crippen molar-refractivity contribution in [3.05, 3.63) is 59.2 Å². The molecular formula is C19H22N2O. The summed E-state index contributed by atoms with van der Waals surface area (Å²) in [6.07, 6.45) is 2.50. The topological polar surface area (TPSA) is 32.3 Å². The minimum atomic E-state index is 0.0360. The maximum atomic E-state index is 12.2. The predicted octanol–water partition coefficient (Wildman–Crippen LogP) is 3.42. The van der Waals surface area contributed by atoms with Crippen molar-refractivity contribution in [3.63, 3.8) is 0 Å². The van der Waals surface area contributed by atoms with Gasteiger partial charge in [0.25, 0.3) is 0 Å². The van der Waals surface area contributed by atoms with Gasteiger partial charge in [0.15, 0.2) is 0 Å². The molecule has 1 aliphatic rings. The van der Waals surface area contributed by atoms with Crippen molar-refractivity contribution in [1.82, 2.24) is 0 Å². The Bertz CT molecular complexity index is 694. The quantitative estimate of drug-likeness (QED) is 0.937. The van der Waals surface area contributed by atoms with Crippen LogP contribution in [0.2, 0.25) is 0 Å². The third-order valence-electron chi connectivity index (χ3n) is 4.26. The highest BCUT2D eigenvalue weighted by Gasteiger charge is 2.16. The number of carbonyl (C=O) groups excluding carboxylic acids is 1. The SMILES string of the molecule is CCc1cccc(CC(=O)Nc2ccc3c(c2)N(C)CC3)c1. The second-order valence-electron chi connectivity index (χ2n) is 5.91. The number of benzene rings is 2. The first-order valence-electron chi connectivity index (χ1n) is 7.87. The number of likely N-dealkylation sites (N-methyl/N-ethyl adjacent to an activating group) is 1. The molecule has 1 amide bonds. The lowest BCUT2D eigenvalue weighted by molar-refractivity contribution is -0.115. The maximum absolute atomic E-state index is 12.2. The van der Waals surface area contributed by atoms with Gasteiger partial charge in [-0.1, -0.05) is 37.3 Å². The molecule has 0 atom stereocenters. The van der Waals surface area contributed by atoms with E-state index >= 15 is 0 Å². The van der Waals surface area contributed by atoms with Crippen molar-refractivity contribution >= 4 is 17.3 Å². The normalized spacial score (nSPS) is 13.1. The van der Waals surface area contributed by atoms with Crippen LogP contribution >= 0.6 is 0 Å². The molecular weight excluding hydrogens is 272 g/mol. The Morgan fingerprint density at radius 1 is 1.18 bits per heavy atom. The number of hydrogen-bond donors (Lipinski definition) is 1. The van der Waals surface area contributed by atoms with E-state index in [2.05, 4.69) is 48.5 Å². The molecule has 3 nitrogen and oxygen atoms in total. The van der Waals surface area contributed by atoms with Crippen LogP contribution < -0.4 is 10.2 Å². The summed E-state index contributed by atoms with van der Waals surface area (Å²) in [5, 5.41) is 3.01. The minimum Gasteiger partial charge on any atom is -0.374 e. The summed E-state index contributed by atoms with van der Waals surface area (Å²) in [7, 11) is 2.09. The molecule has 0 saturated heterocycles. The van der Waals surface area contributed by atoms with E-state index in [9.17, 15) is 4.79 Å². The Morgan fingerprint density at radius 2 is 2.00 bits per heavy atom. The Morgan fingerprint density at radius 3 is 2.82 bits per heavy atom. The lowest BCUT2D eigenvalue weighted by Crippen LogP contribution is -2.15. The van der Waals surface area contributed by atoms with Gasteiger partial charge in [-0.2, -0.15) is 0 Å². The van der Waals surface area contributed by atoms with Gasteiger partial charge >= 0.3 is 0 Å². The molecule has 22 heavy (non-hydrogen) atoms. The summed E-state index contributed by atoms with van der Waals surface area (Å²) in [6.45, 7) is 3.18. The van der Waals surface area contributed by atoms with E-state index in [0.717, 1.165) is 30.6 Å². The summed E-state index contributed by atoms with van der Waals surface area (Å²) < 4.78 is 0. The van der Waals surface area contributed by atoms with E-state index in [1.54, 1.807) is 0 Å². The first-order chi connectivity index (χ1) is 10.7. The molecule has 2 aromatic carbocycles. The van der Waals surface area contributed by atoms with Gasteiger partial charge in [0, 0.05) is 25.0 Å². The van der Waals surface area contributed by atoms with E-state index in [0.29, 0.717) is 6.42 Å². The third-order valence-corrected chi connectivity index (χ3v) is 4.26. The second-order valence-corrected chi connectivity index (χ2v) is 5.91. The van der Waals surface area contributed by atoms with Gasteiger partial charge < -0.3 is 10.2 Å². The highest BCUT2D eigenvalue weighted by molar-refractivity contribution is 5.93. The van der Waals surface area contributed by atoms with Crippen LogP contribution in [-0.2, 0) is 24.1 Å². The van der Waals surface area contributed by atoms with Crippen LogP contribution in [0.1, 0.15) is 23.6 Å². The van der Waals surface area contributed by atoms with Crippen molar-refractivity contribution in [2.24, 2.45) is 0 Å². The van der Waals surface area contributed by atoms with E-state index in [1.807, 2.05) is 18.2 Å². The number of carbonyl (C=O) groups is 1. The van der Waals surface area contributed by atoms with Crippen molar-refractivity contribution in [1.29, 1.82) is 0 Å². The molecule has 114 valence electrons. The lowest BCUT2D eigenvalue weighted by Gasteiger charge is -2.13. The number of fused-ring (bicyclic) bond motifs is 1. The molecule has 0 unspecified atom stereocenters. The average Bonchev–Trinajstić information content (AvgIpc) is 2.88. The van der Waals surface area contributed by atoms with Crippen molar-refractivity contribution in [2.45, 2.75) is 26.2 Å². The van der Waals surface area contributed by atoms with E-state index in [-0.39, 0.29) is 5.91 Å². The average molecular weight is 294 g/mol. The Kier molecular flexibility index (Phi) is 4.14. The molecule has 1 aliphatic heterocycles. The molecule has 0 fully saturated rings. The van der Waals surface area contributed by atoms with Gasteiger partial charge in [-0.3, -0.25) is 4.79 Å². The van der Waals surface area contributed by atoms with Crippen LogP contribution in [0.25, 0.3) is 0 Å². The summed E-state index contributed by atoms with van der Waals surface area (Å²) in [5.74, 6) is 0.0360. The monoisotopic (exact) mass is 294 g/mol. The highest BCUT2D eigenvalue weighted by atomic mass is 16.1. The lowest BCUT2D eigenvalue weighted by atomic mass is 10.1. The fourth-order valence-corrected chi connectivity index (χ4v) is 2.97. The molecule has 0 saturated carbocycles. The summed E-state index contributed by atoms with van der Waals surface area (Å²) in [6, 6.07) is 14.4. The smallest absolute Gasteiger partial charge is 0.228 e. The molecule has 0 spiro atoms. The molecule has 3 rings (SSSR count). The Labute approximate surface area is 132 Å². The molecule has 0 bridgehead atoms. The fourth-order valence-electron chi connectivity index (χ4n) is 2.97. The Balaban J connectivity index is 1.68. The highest BCUT2D eigenvalue weighted by Crippen LogP contribution is 2.29. The minimum absolute atomic E-state index is 0.0360. The molecule has 0 aromatic heterocycles. The van der Waals surface area contributed by atoms with Crippen molar-refractivity contribution in [3.8, 4) is 0 Å². The first-order valence-corrected chi connectivity index (χ1v) is 7.87. The zero-order chi connectivity index (χ0) is 15.5. The summed E-state index contributed by atoms with van der Waals surface area (Å²) in [5.41, 5.74) is 5.80. The van der Waals surface area contributed by atoms with Crippen LogP contribution in [0.15, 0.2) is 42.5 Å². The molecule has 3 heteroatoms. The van der Waals surface area contributed by atoms with Gasteiger partial charge in [-0.05, 0) is 41.7 Å². The van der Waals surface area contributed by atoms with E-state index in [1.165, 1.54) is 16.8 Å². The van der Waals surface area contributed by atoms with Crippen LogP contribution in [0, 0.1) is 0 Å². The maximum Gasteiger partial charge on any atom is 0.228 e.